The van der Waals surface area contributed by atoms with E-state index in [0.29, 0.717) is 24.7 Å². The van der Waals surface area contributed by atoms with Gasteiger partial charge in [0.1, 0.15) is 6.17 Å². The second-order valence-corrected chi connectivity index (χ2v) is 9.65. The summed E-state index contributed by atoms with van der Waals surface area (Å²) >= 11 is 0. The van der Waals surface area contributed by atoms with Gasteiger partial charge in [-0.15, -0.1) is 0 Å². The van der Waals surface area contributed by atoms with Crippen LogP contribution in [0.4, 0.5) is 24.5 Å². The molecular weight excluding hydrogens is 449 g/mol. The van der Waals surface area contributed by atoms with Crippen molar-refractivity contribution in [3.8, 4) is 0 Å². The van der Waals surface area contributed by atoms with Crippen LogP contribution in [-0.2, 0) is 4.79 Å². The van der Waals surface area contributed by atoms with Crippen molar-refractivity contribution in [2.45, 2.75) is 43.7 Å². The van der Waals surface area contributed by atoms with Crippen LogP contribution in [0.25, 0.3) is 0 Å². The minimum absolute atomic E-state index is 0.0559. The highest BCUT2D eigenvalue weighted by Crippen LogP contribution is 2.32. The highest BCUT2D eigenvalue weighted by atomic mass is 19.3. The van der Waals surface area contributed by atoms with E-state index in [1.54, 1.807) is 12.4 Å². The molecule has 190 valence electrons. The molecule has 4 heterocycles. The topological polar surface area (TPSA) is 125 Å². The SMILES string of the molecule is NC(N)C(C(=O)Nc1cnccc1N1CCC(CN2CCC(F)(F)C2)CC1)C1NCC(F)CN1. The second kappa shape index (κ2) is 10.7. The molecule has 0 saturated carbocycles. The molecule has 1 amide bonds. The maximum absolute atomic E-state index is 13.5. The predicted octanol–water partition coefficient (Wildman–Crippen LogP) is 0.294. The number of amides is 1. The van der Waals surface area contributed by atoms with Gasteiger partial charge in [-0.3, -0.25) is 25.3 Å². The van der Waals surface area contributed by atoms with Crippen molar-refractivity contribution in [1.82, 2.24) is 20.5 Å². The third-order valence-electron chi connectivity index (χ3n) is 6.97. The van der Waals surface area contributed by atoms with Crippen molar-refractivity contribution >= 4 is 17.3 Å². The van der Waals surface area contributed by atoms with Gasteiger partial charge < -0.3 is 21.7 Å². The lowest BCUT2D eigenvalue weighted by atomic mass is 9.95. The van der Waals surface area contributed by atoms with Gasteiger partial charge in [0.2, 0.25) is 5.91 Å². The number of carbonyl (C=O) groups excluding carboxylic acids is 1. The molecule has 0 radical (unpaired) electrons. The van der Waals surface area contributed by atoms with Crippen LogP contribution in [0, 0.1) is 11.8 Å². The fourth-order valence-electron chi connectivity index (χ4n) is 5.12. The van der Waals surface area contributed by atoms with E-state index in [9.17, 15) is 18.0 Å². The van der Waals surface area contributed by atoms with E-state index in [-0.39, 0.29) is 32.0 Å². The molecule has 0 spiro atoms. The van der Waals surface area contributed by atoms with Gasteiger partial charge in [-0.25, -0.2) is 13.2 Å². The molecule has 12 heteroatoms. The summed E-state index contributed by atoms with van der Waals surface area (Å²) in [5.41, 5.74) is 13.2. The molecule has 0 aliphatic carbocycles. The quantitative estimate of drug-likeness (QED) is 0.350. The first-order chi connectivity index (χ1) is 16.2. The van der Waals surface area contributed by atoms with Gasteiger partial charge >= 0.3 is 0 Å². The average Bonchev–Trinajstić information content (AvgIpc) is 3.14. The van der Waals surface area contributed by atoms with Crippen LogP contribution in [0.1, 0.15) is 19.3 Å². The molecule has 0 aromatic carbocycles. The van der Waals surface area contributed by atoms with E-state index in [0.717, 1.165) is 31.6 Å². The molecule has 1 aromatic rings. The Hall–Kier alpha value is -1.99. The molecule has 34 heavy (non-hydrogen) atoms. The lowest BCUT2D eigenvalue weighted by Gasteiger charge is -2.37. The summed E-state index contributed by atoms with van der Waals surface area (Å²) in [5.74, 6) is -3.39. The zero-order valence-corrected chi connectivity index (χ0v) is 19.2. The van der Waals surface area contributed by atoms with Gasteiger partial charge in [-0.1, -0.05) is 0 Å². The van der Waals surface area contributed by atoms with Gasteiger partial charge in [-0.05, 0) is 24.8 Å². The summed E-state index contributed by atoms with van der Waals surface area (Å²) in [7, 11) is 0. The van der Waals surface area contributed by atoms with Crippen LogP contribution in [0.2, 0.25) is 0 Å². The summed E-state index contributed by atoms with van der Waals surface area (Å²) in [6, 6.07) is 1.85. The molecule has 1 unspecified atom stereocenters. The van der Waals surface area contributed by atoms with Crippen molar-refractivity contribution in [2.75, 3.05) is 56.0 Å². The fraction of sp³-hybridized carbons (Fsp3) is 0.727. The maximum Gasteiger partial charge on any atom is 0.261 e. The van der Waals surface area contributed by atoms with Crippen LogP contribution in [0.3, 0.4) is 0 Å². The Labute approximate surface area is 197 Å². The van der Waals surface area contributed by atoms with Crippen molar-refractivity contribution in [1.29, 1.82) is 0 Å². The molecule has 1 atom stereocenters. The Balaban J connectivity index is 1.36. The van der Waals surface area contributed by atoms with E-state index in [4.69, 9.17) is 11.5 Å². The smallest absolute Gasteiger partial charge is 0.261 e. The van der Waals surface area contributed by atoms with Gasteiger partial charge in [0.05, 0.1) is 42.4 Å². The minimum Gasteiger partial charge on any atom is -0.370 e. The fourth-order valence-corrected chi connectivity index (χ4v) is 5.12. The Bertz CT molecular complexity index is 828. The molecular formula is C22H35F3N8O. The molecule has 7 N–H and O–H groups in total. The maximum atomic E-state index is 13.5. The highest BCUT2D eigenvalue weighted by molar-refractivity contribution is 5.96. The molecule has 3 aliphatic heterocycles. The van der Waals surface area contributed by atoms with Crippen molar-refractivity contribution in [3.63, 3.8) is 0 Å². The van der Waals surface area contributed by atoms with E-state index in [2.05, 4.69) is 25.8 Å². The highest BCUT2D eigenvalue weighted by Gasteiger charge is 2.39. The van der Waals surface area contributed by atoms with Crippen molar-refractivity contribution in [2.24, 2.45) is 23.3 Å². The van der Waals surface area contributed by atoms with Crippen molar-refractivity contribution < 1.29 is 18.0 Å². The first kappa shape index (κ1) is 25.1. The lowest BCUT2D eigenvalue weighted by Crippen LogP contribution is -2.64. The Morgan fingerprint density at radius 2 is 1.94 bits per heavy atom. The first-order valence-electron chi connectivity index (χ1n) is 11.9. The number of nitrogens with zero attached hydrogens (tertiary/aromatic N) is 3. The summed E-state index contributed by atoms with van der Waals surface area (Å²) in [4.78, 5) is 21.3. The van der Waals surface area contributed by atoms with E-state index in [1.165, 1.54) is 0 Å². The number of alkyl halides is 3. The molecule has 9 nitrogen and oxygen atoms in total. The van der Waals surface area contributed by atoms with Gasteiger partial charge in [-0.2, -0.15) is 0 Å². The average molecular weight is 485 g/mol. The molecule has 1 aromatic heterocycles. The number of halogens is 3. The number of aromatic nitrogens is 1. The van der Waals surface area contributed by atoms with Crippen LogP contribution >= 0.6 is 0 Å². The monoisotopic (exact) mass is 484 g/mol. The molecule has 3 saturated heterocycles. The van der Waals surface area contributed by atoms with Crippen LogP contribution in [-0.4, -0.2) is 86.0 Å². The normalized spacial score (nSPS) is 27.2. The molecule has 3 fully saturated rings. The minimum atomic E-state index is -2.56. The number of nitrogens with two attached hydrogens (primary N) is 2. The molecule has 0 bridgehead atoms. The predicted molar refractivity (Wildman–Crippen MR) is 124 cm³/mol. The van der Waals surface area contributed by atoms with Gasteiger partial charge in [0.15, 0.2) is 0 Å². The number of piperidine rings is 1. The number of rotatable bonds is 7. The Kier molecular flexibility index (Phi) is 7.93. The molecule has 4 rings (SSSR count). The number of hydrogen-bond donors (Lipinski definition) is 5. The number of anilines is 2. The van der Waals surface area contributed by atoms with Crippen LogP contribution < -0.4 is 32.3 Å². The second-order valence-electron chi connectivity index (χ2n) is 9.65. The lowest BCUT2D eigenvalue weighted by molar-refractivity contribution is -0.122. The molecule has 3 aliphatic rings. The third kappa shape index (κ3) is 6.16. The van der Waals surface area contributed by atoms with Gasteiger partial charge in [0, 0.05) is 51.9 Å². The summed E-state index contributed by atoms with van der Waals surface area (Å²) < 4.78 is 40.5. The van der Waals surface area contributed by atoms with E-state index >= 15 is 0 Å². The van der Waals surface area contributed by atoms with Gasteiger partial charge in [0.25, 0.3) is 5.92 Å². The number of carbonyl (C=O) groups is 1. The number of nitrogens with one attached hydrogen (secondary N) is 3. The Morgan fingerprint density at radius 1 is 1.24 bits per heavy atom. The van der Waals surface area contributed by atoms with E-state index in [1.807, 2.05) is 11.0 Å². The summed E-state index contributed by atoms with van der Waals surface area (Å²) in [6.45, 7) is 2.76. The summed E-state index contributed by atoms with van der Waals surface area (Å²) in [5, 5.41) is 8.81. The van der Waals surface area contributed by atoms with Crippen molar-refractivity contribution in [3.05, 3.63) is 18.5 Å². The first-order valence-corrected chi connectivity index (χ1v) is 11.9. The number of pyridine rings is 1. The van der Waals surface area contributed by atoms with Crippen LogP contribution in [0.5, 0.6) is 0 Å². The summed E-state index contributed by atoms with van der Waals surface area (Å²) in [6.07, 6.45) is 2.44. The third-order valence-corrected chi connectivity index (χ3v) is 6.97. The van der Waals surface area contributed by atoms with Crippen LogP contribution in [0.15, 0.2) is 18.5 Å². The zero-order chi connectivity index (χ0) is 24.3. The largest absolute Gasteiger partial charge is 0.370 e. The number of likely N-dealkylation sites (tertiary alicyclic amines) is 1. The zero-order valence-electron chi connectivity index (χ0n) is 19.2. The van der Waals surface area contributed by atoms with E-state index < -0.39 is 30.3 Å². The Morgan fingerprint density at radius 3 is 2.56 bits per heavy atom. The number of hydrogen-bond acceptors (Lipinski definition) is 8. The standard InChI is InChI=1S/C22H35F3N8O/c23-15-9-29-20(30-10-15)18(19(26)27)21(34)31-16-11-28-5-1-17(16)33-6-2-14(3-7-33)12-32-8-4-22(24,25)13-32/h1,5,11,14-15,18-20,29-30H,2-4,6-10,12-13,26-27H2,(H,31,34).